The molecular weight excluding hydrogens is 368 g/mol. The van der Waals surface area contributed by atoms with Gasteiger partial charge in [-0.05, 0) is 51.5 Å². The van der Waals surface area contributed by atoms with Crippen molar-refractivity contribution in [3.63, 3.8) is 0 Å². The summed E-state index contributed by atoms with van der Waals surface area (Å²) in [6.07, 6.45) is 6.17. The molecule has 0 radical (unpaired) electrons. The van der Waals surface area contributed by atoms with Gasteiger partial charge >= 0.3 is 6.09 Å². The highest BCUT2D eigenvalue weighted by molar-refractivity contribution is 6.31. The van der Waals surface area contributed by atoms with Crippen LogP contribution in [0, 0.1) is 16.0 Å². The van der Waals surface area contributed by atoms with Crippen molar-refractivity contribution in [3.8, 4) is 0 Å². The summed E-state index contributed by atoms with van der Waals surface area (Å²) in [6, 6.07) is 4.46. The van der Waals surface area contributed by atoms with E-state index in [9.17, 15) is 14.9 Å². The van der Waals surface area contributed by atoms with Crippen LogP contribution in [-0.4, -0.2) is 34.6 Å². The molecule has 0 aliphatic heterocycles. The Morgan fingerprint density at radius 3 is 2.52 bits per heavy atom. The molecule has 2 rings (SSSR count). The number of carbonyl (C=O) groups is 1. The third-order valence-corrected chi connectivity index (χ3v) is 5.11. The van der Waals surface area contributed by atoms with Crippen LogP contribution in [0.25, 0.3) is 0 Å². The molecule has 1 aromatic carbocycles. The minimum atomic E-state index is -0.549. The molecule has 0 heterocycles. The molecule has 0 N–H and O–H groups in total. The van der Waals surface area contributed by atoms with E-state index in [4.69, 9.17) is 16.3 Å². The Morgan fingerprint density at radius 1 is 1.30 bits per heavy atom. The van der Waals surface area contributed by atoms with Gasteiger partial charge in [0.2, 0.25) is 0 Å². The first kappa shape index (κ1) is 21.5. The van der Waals surface area contributed by atoms with Gasteiger partial charge in [0.25, 0.3) is 5.69 Å². The number of ether oxygens (including phenoxy) is 1. The Labute approximate surface area is 166 Å². The summed E-state index contributed by atoms with van der Waals surface area (Å²) in [4.78, 5) is 24.8. The summed E-state index contributed by atoms with van der Waals surface area (Å²) in [6.45, 7) is 6.73. The summed E-state index contributed by atoms with van der Waals surface area (Å²) >= 11 is 6.20. The molecule has 1 amide bonds. The molecular formula is C20H29ClN2O4. The van der Waals surface area contributed by atoms with Gasteiger partial charge in [0.05, 0.1) is 9.95 Å². The highest BCUT2D eigenvalue weighted by Gasteiger charge is 2.25. The molecule has 0 saturated heterocycles. The molecule has 1 aromatic rings. The Kier molecular flexibility index (Phi) is 7.48. The third kappa shape index (κ3) is 7.01. The lowest BCUT2D eigenvalue weighted by Crippen LogP contribution is -2.41. The first-order valence-electron chi connectivity index (χ1n) is 9.56. The lowest BCUT2D eigenvalue weighted by molar-refractivity contribution is -0.384. The van der Waals surface area contributed by atoms with Crippen molar-refractivity contribution in [1.82, 2.24) is 4.90 Å². The van der Waals surface area contributed by atoms with Gasteiger partial charge in [0.15, 0.2) is 0 Å². The number of amides is 1. The number of nitro benzene ring substituents is 1. The van der Waals surface area contributed by atoms with Crippen LogP contribution in [0.15, 0.2) is 18.2 Å². The average molecular weight is 397 g/mol. The van der Waals surface area contributed by atoms with Crippen LogP contribution in [-0.2, 0) is 11.2 Å². The van der Waals surface area contributed by atoms with E-state index in [1.54, 1.807) is 11.0 Å². The minimum Gasteiger partial charge on any atom is -0.444 e. The van der Waals surface area contributed by atoms with Crippen molar-refractivity contribution in [2.75, 3.05) is 13.1 Å². The number of nitrogens with zero attached hydrogens (tertiary/aromatic N) is 2. The van der Waals surface area contributed by atoms with E-state index in [-0.39, 0.29) is 11.8 Å². The molecule has 1 fully saturated rings. The molecule has 0 spiro atoms. The van der Waals surface area contributed by atoms with E-state index in [0.29, 0.717) is 30.5 Å². The lowest BCUT2D eigenvalue weighted by Gasteiger charge is -2.31. The molecule has 0 aromatic heterocycles. The number of rotatable bonds is 6. The second-order valence-electron chi connectivity index (χ2n) is 8.21. The molecule has 6 nitrogen and oxygen atoms in total. The predicted molar refractivity (Wildman–Crippen MR) is 106 cm³/mol. The van der Waals surface area contributed by atoms with E-state index in [0.717, 1.165) is 18.4 Å². The molecule has 0 unspecified atom stereocenters. The molecule has 1 saturated carbocycles. The largest absolute Gasteiger partial charge is 0.444 e. The van der Waals surface area contributed by atoms with E-state index < -0.39 is 10.5 Å². The van der Waals surface area contributed by atoms with Crippen LogP contribution < -0.4 is 0 Å². The van der Waals surface area contributed by atoms with Crippen LogP contribution in [0.2, 0.25) is 5.02 Å². The second kappa shape index (κ2) is 9.40. The molecule has 1 aliphatic carbocycles. The number of nitro groups is 1. The summed E-state index contributed by atoms with van der Waals surface area (Å²) in [5.41, 5.74) is 0.210. The van der Waals surface area contributed by atoms with Gasteiger partial charge in [-0.3, -0.25) is 10.1 Å². The number of non-ortho nitro benzene ring substituents is 1. The molecule has 1 aliphatic rings. The van der Waals surface area contributed by atoms with Crippen LogP contribution in [0.5, 0.6) is 0 Å². The van der Waals surface area contributed by atoms with E-state index >= 15 is 0 Å². The lowest BCUT2D eigenvalue weighted by atomic mass is 9.89. The molecule has 150 valence electrons. The number of hydrogen-bond donors (Lipinski definition) is 0. The highest BCUT2D eigenvalue weighted by Crippen LogP contribution is 2.26. The maximum atomic E-state index is 12.7. The molecule has 0 bridgehead atoms. The quantitative estimate of drug-likeness (QED) is 0.462. The Morgan fingerprint density at radius 2 is 1.96 bits per heavy atom. The van der Waals surface area contributed by atoms with Gasteiger partial charge in [-0.15, -0.1) is 0 Å². The topological polar surface area (TPSA) is 72.7 Å². The molecule has 27 heavy (non-hydrogen) atoms. The first-order valence-corrected chi connectivity index (χ1v) is 9.94. The van der Waals surface area contributed by atoms with Gasteiger partial charge < -0.3 is 9.64 Å². The van der Waals surface area contributed by atoms with E-state index in [2.05, 4.69) is 0 Å². The maximum absolute atomic E-state index is 12.7. The standard InChI is InChI=1S/C20H29ClN2O4/c1-20(2,3)27-19(24)22(14-15-7-5-4-6-8-15)12-11-16-9-10-17(23(25)26)13-18(16)21/h9-10,13,15H,4-8,11-12,14H2,1-3H3. The van der Waals surface area contributed by atoms with Gasteiger partial charge in [-0.2, -0.15) is 0 Å². The van der Waals surface area contributed by atoms with Crippen LogP contribution in [0.1, 0.15) is 58.4 Å². The Hall–Kier alpha value is -1.82. The zero-order valence-electron chi connectivity index (χ0n) is 16.4. The molecule has 0 atom stereocenters. The monoisotopic (exact) mass is 396 g/mol. The number of carbonyl (C=O) groups excluding carboxylic acids is 1. The normalized spacial score (nSPS) is 15.4. The van der Waals surface area contributed by atoms with Gasteiger partial charge in [-0.1, -0.05) is 36.9 Å². The Balaban J connectivity index is 2.06. The zero-order chi connectivity index (χ0) is 20.0. The summed E-state index contributed by atoms with van der Waals surface area (Å²) < 4.78 is 5.58. The average Bonchev–Trinajstić information content (AvgIpc) is 2.58. The number of benzene rings is 1. The Bertz CT molecular complexity index is 666. The van der Waals surface area contributed by atoms with Crippen molar-refractivity contribution >= 4 is 23.4 Å². The second-order valence-corrected chi connectivity index (χ2v) is 8.62. The molecule has 7 heteroatoms. The highest BCUT2D eigenvalue weighted by atomic mass is 35.5. The summed E-state index contributed by atoms with van der Waals surface area (Å²) in [5, 5.41) is 11.2. The van der Waals surface area contributed by atoms with Crippen molar-refractivity contribution in [2.24, 2.45) is 5.92 Å². The fourth-order valence-corrected chi connectivity index (χ4v) is 3.64. The van der Waals surface area contributed by atoms with Crippen molar-refractivity contribution in [1.29, 1.82) is 0 Å². The van der Waals surface area contributed by atoms with Crippen LogP contribution in [0.3, 0.4) is 0 Å². The minimum absolute atomic E-state index is 0.0324. The first-order chi connectivity index (χ1) is 12.7. The SMILES string of the molecule is CC(C)(C)OC(=O)N(CCc1ccc([N+](=O)[O-])cc1Cl)CC1CCCCC1. The van der Waals surface area contributed by atoms with Crippen LogP contribution >= 0.6 is 11.6 Å². The fraction of sp³-hybridized carbons (Fsp3) is 0.650. The third-order valence-electron chi connectivity index (χ3n) is 4.75. The zero-order valence-corrected chi connectivity index (χ0v) is 17.1. The van der Waals surface area contributed by atoms with Gasteiger partial charge in [0.1, 0.15) is 5.60 Å². The van der Waals surface area contributed by atoms with Gasteiger partial charge in [-0.25, -0.2) is 4.79 Å². The summed E-state index contributed by atoms with van der Waals surface area (Å²) in [7, 11) is 0. The predicted octanol–water partition coefficient (Wildman–Crippen LogP) is 5.61. The number of halogens is 1. The van der Waals surface area contributed by atoms with Crippen LogP contribution in [0.4, 0.5) is 10.5 Å². The summed E-state index contributed by atoms with van der Waals surface area (Å²) in [5.74, 6) is 0.499. The van der Waals surface area contributed by atoms with Crippen molar-refractivity contribution in [3.05, 3.63) is 38.9 Å². The smallest absolute Gasteiger partial charge is 0.410 e. The maximum Gasteiger partial charge on any atom is 0.410 e. The van der Waals surface area contributed by atoms with E-state index in [1.165, 1.54) is 31.4 Å². The van der Waals surface area contributed by atoms with E-state index in [1.807, 2.05) is 20.8 Å². The van der Waals surface area contributed by atoms with Crippen molar-refractivity contribution < 1.29 is 14.5 Å². The van der Waals surface area contributed by atoms with Gasteiger partial charge in [0, 0.05) is 25.2 Å². The fourth-order valence-electron chi connectivity index (χ4n) is 3.37. The van der Waals surface area contributed by atoms with Crippen molar-refractivity contribution in [2.45, 2.75) is 64.9 Å². The number of hydrogen-bond acceptors (Lipinski definition) is 4.